The molecule has 3 atom stereocenters. The van der Waals surface area contributed by atoms with Gasteiger partial charge in [0, 0.05) is 6.61 Å². The van der Waals surface area contributed by atoms with E-state index in [4.69, 9.17) is 19.3 Å². The Morgan fingerprint density at radius 2 is 2.12 bits per heavy atom. The molecule has 2 rings (SSSR count). The summed E-state index contributed by atoms with van der Waals surface area (Å²) in [6, 6.07) is 0. The largest absolute Gasteiger partial charge is 0.481 e. The van der Waals surface area contributed by atoms with Crippen LogP contribution in [0.5, 0.6) is 0 Å². The zero-order chi connectivity index (χ0) is 11.5. The number of carbonyl (C=O) groups excluding carboxylic acids is 1. The second-order valence-electron chi connectivity index (χ2n) is 3.92. The molecule has 90 valence electrons. The van der Waals surface area contributed by atoms with Crippen molar-refractivity contribution < 1.29 is 28.9 Å². The van der Waals surface area contributed by atoms with E-state index in [9.17, 15) is 9.59 Å². The maximum absolute atomic E-state index is 11.3. The smallest absolute Gasteiger partial charge is 0.306 e. The summed E-state index contributed by atoms with van der Waals surface area (Å²) in [6.45, 7) is 0.965. The average molecular weight is 230 g/mol. The van der Waals surface area contributed by atoms with Gasteiger partial charge in [-0.15, -0.1) is 0 Å². The molecule has 0 aromatic heterocycles. The van der Waals surface area contributed by atoms with Crippen molar-refractivity contribution in [2.45, 2.75) is 37.6 Å². The van der Waals surface area contributed by atoms with Gasteiger partial charge in [0.25, 0.3) is 0 Å². The van der Waals surface area contributed by atoms with Crippen LogP contribution in [0.2, 0.25) is 0 Å². The van der Waals surface area contributed by atoms with Crippen LogP contribution in [0, 0.1) is 0 Å². The van der Waals surface area contributed by atoms with E-state index in [0.717, 1.165) is 6.42 Å². The van der Waals surface area contributed by atoms with Gasteiger partial charge in [0.2, 0.25) is 0 Å². The third-order valence-corrected chi connectivity index (χ3v) is 2.75. The Kier molecular flexibility index (Phi) is 3.40. The second-order valence-corrected chi connectivity index (χ2v) is 3.92. The molecular formula is C10H14O6. The summed E-state index contributed by atoms with van der Waals surface area (Å²) < 4.78 is 15.9. The molecule has 0 radical (unpaired) electrons. The Hall–Kier alpha value is -1.14. The highest BCUT2D eigenvalue weighted by Crippen LogP contribution is 2.28. The Labute approximate surface area is 92.5 Å². The average Bonchev–Trinajstić information content (AvgIpc) is 2.80. The quantitative estimate of drug-likeness (QED) is 0.682. The Balaban J connectivity index is 1.77. The topological polar surface area (TPSA) is 82.1 Å². The van der Waals surface area contributed by atoms with Crippen molar-refractivity contribution >= 4 is 11.9 Å². The first-order valence-electron chi connectivity index (χ1n) is 5.31. The lowest BCUT2D eigenvalue weighted by atomic mass is 10.1. The molecule has 6 heteroatoms. The van der Waals surface area contributed by atoms with Crippen LogP contribution in [0.15, 0.2) is 0 Å². The lowest BCUT2D eigenvalue weighted by Crippen LogP contribution is -2.32. The standard InChI is InChI=1S/C10H14O6/c11-8(12)1-2-9(13)16-7-5-15-6-3-4-14-10(6)7/h6-7,10H,1-5H2,(H,11,12)/t6-,7-,10+/m1/s1. The zero-order valence-corrected chi connectivity index (χ0v) is 8.76. The van der Waals surface area contributed by atoms with Gasteiger partial charge < -0.3 is 19.3 Å². The summed E-state index contributed by atoms with van der Waals surface area (Å²) in [5.74, 6) is -1.51. The van der Waals surface area contributed by atoms with Gasteiger partial charge in [-0.25, -0.2) is 0 Å². The van der Waals surface area contributed by atoms with Gasteiger partial charge in [-0.1, -0.05) is 0 Å². The number of carbonyl (C=O) groups is 2. The summed E-state index contributed by atoms with van der Waals surface area (Å²) >= 11 is 0. The number of ether oxygens (including phenoxy) is 3. The van der Waals surface area contributed by atoms with E-state index in [1.807, 2.05) is 0 Å². The maximum atomic E-state index is 11.3. The van der Waals surface area contributed by atoms with Crippen LogP contribution in [0.4, 0.5) is 0 Å². The van der Waals surface area contributed by atoms with Crippen molar-refractivity contribution in [2.75, 3.05) is 13.2 Å². The van der Waals surface area contributed by atoms with Crippen LogP contribution in [-0.4, -0.2) is 48.6 Å². The monoisotopic (exact) mass is 230 g/mol. The van der Waals surface area contributed by atoms with E-state index in [2.05, 4.69) is 0 Å². The van der Waals surface area contributed by atoms with Crippen LogP contribution in [0.3, 0.4) is 0 Å². The first-order chi connectivity index (χ1) is 7.66. The fraction of sp³-hybridized carbons (Fsp3) is 0.800. The highest BCUT2D eigenvalue weighted by Gasteiger charge is 2.43. The highest BCUT2D eigenvalue weighted by molar-refractivity contribution is 5.76. The lowest BCUT2D eigenvalue weighted by molar-refractivity contribution is -0.155. The fourth-order valence-corrected chi connectivity index (χ4v) is 1.97. The first kappa shape index (κ1) is 11.3. The Morgan fingerprint density at radius 3 is 2.88 bits per heavy atom. The molecule has 0 spiro atoms. The molecule has 2 fully saturated rings. The van der Waals surface area contributed by atoms with E-state index < -0.39 is 11.9 Å². The predicted octanol–water partition coefficient (Wildman–Crippen LogP) is -0.0493. The number of carboxylic acid groups (broad SMARTS) is 1. The predicted molar refractivity (Wildman–Crippen MR) is 50.8 cm³/mol. The summed E-state index contributed by atoms with van der Waals surface area (Å²) in [6.07, 6.45) is -0.0156. The zero-order valence-electron chi connectivity index (χ0n) is 8.76. The minimum Gasteiger partial charge on any atom is -0.481 e. The highest BCUT2D eigenvalue weighted by atomic mass is 16.6. The molecule has 0 aromatic rings. The van der Waals surface area contributed by atoms with Gasteiger partial charge >= 0.3 is 11.9 Å². The summed E-state index contributed by atoms with van der Waals surface area (Å²) in [4.78, 5) is 21.6. The number of rotatable bonds is 4. The van der Waals surface area contributed by atoms with Gasteiger partial charge in [0.05, 0.1) is 25.6 Å². The van der Waals surface area contributed by atoms with Crippen LogP contribution < -0.4 is 0 Å². The molecule has 0 bridgehead atoms. The van der Waals surface area contributed by atoms with Crippen LogP contribution >= 0.6 is 0 Å². The molecule has 0 amide bonds. The Morgan fingerprint density at radius 1 is 1.31 bits per heavy atom. The first-order valence-corrected chi connectivity index (χ1v) is 5.31. The molecule has 0 unspecified atom stereocenters. The summed E-state index contributed by atoms with van der Waals surface area (Å²) in [7, 11) is 0. The number of esters is 1. The van der Waals surface area contributed by atoms with E-state index in [1.54, 1.807) is 0 Å². The van der Waals surface area contributed by atoms with Gasteiger partial charge in [-0.3, -0.25) is 9.59 Å². The summed E-state index contributed by atoms with van der Waals surface area (Å²) in [5, 5.41) is 8.42. The van der Waals surface area contributed by atoms with Crippen LogP contribution in [0.1, 0.15) is 19.3 Å². The normalized spacial score (nSPS) is 32.4. The molecule has 2 saturated heterocycles. The van der Waals surface area contributed by atoms with Gasteiger partial charge in [0.1, 0.15) is 6.10 Å². The number of hydrogen-bond acceptors (Lipinski definition) is 5. The second kappa shape index (κ2) is 4.80. The lowest BCUT2D eigenvalue weighted by Gasteiger charge is -2.16. The Bertz CT molecular complexity index is 289. The molecule has 1 N–H and O–H groups in total. The number of fused-ring (bicyclic) bond motifs is 1. The van der Waals surface area contributed by atoms with E-state index >= 15 is 0 Å². The molecule has 2 aliphatic heterocycles. The van der Waals surface area contributed by atoms with Gasteiger partial charge in [0.15, 0.2) is 6.10 Å². The molecule has 16 heavy (non-hydrogen) atoms. The minimum absolute atomic E-state index is 0.0253. The molecule has 6 nitrogen and oxygen atoms in total. The van der Waals surface area contributed by atoms with E-state index in [0.29, 0.717) is 13.2 Å². The molecule has 2 aliphatic rings. The molecule has 0 saturated carbocycles. The molecule has 0 aromatic carbocycles. The van der Waals surface area contributed by atoms with E-state index in [-0.39, 0.29) is 31.2 Å². The number of carboxylic acids is 1. The molecule has 2 heterocycles. The van der Waals surface area contributed by atoms with E-state index in [1.165, 1.54) is 0 Å². The third kappa shape index (κ3) is 2.51. The SMILES string of the molecule is O=C(O)CCC(=O)O[C@@H]1CO[C@@H]2CCO[C@@H]21. The van der Waals surface area contributed by atoms with Crippen molar-refractivity contribution in [2.24, 2.45) is 0 Å². The molecule has 0 aliphatic carbocycles. The van der Waals surface area contributed by atoms with Crippen molar-refractivity contribution in [3.05, 3.63) is 0 Å². The van der Waals surface area contributed by atoms with Gasteiger partial charge in [-0.2, -0.15) is 0 Å². The van der Waals surface area contributed by atoms with Gasteiger partial charge in [-0.05, 0) is 6.42 Å². The minimum atomic E-state index is -1.00. The third-order valence-electron chi connectivity index (χ3n) is 2.75. The summed E-state index contributed by atoms with van der Waals surface area (Å²) in [5.41, 5.74) is 0. The van der Waals surface area contributed by atoms with Crippen molar-refractivity contribution in [1.29, 1.82) is 0 Å². The number of hydrogen-bond donors (Lipinski definition) is 1. The van der Waals surface area contributed by atoms with Crippen molar-refractivity contribution in [3.8, 4) is 0 Å². The fourth-order valence-electron chi connectivity index (χ4n) is 1.97. The van der Waals surface area contributed by atoms with Crippen molar-refractivity contribution in [3.63, 3.8) is 0 Å². The number of aliphatic carboxylic acids is 1. The maximum Gasteiger partial charge on any atom is 0.306 e. The van der Waals surface area contributed by atoms with Crippen molar-refractivity contribution in [1.82, 2.24) is 0 Å². The van der Waals surface area contributed by atoms with Crippen LogP contribution in [-0.2, 0) is 23.8 Å². The molecular weight excluding hydrogens is 216 g/mol. The van der Waals surface area contributed by atoms with Crippen LogP contribution in [0.25, 0.3) is 0 Å².